The third-order valence-corrected chi connectivity index (χ3v) is 8.31. The third kappa shape index (κ3) is 3.41. The molecule has 1 unspecified atom stereocenters. The van der Waals surface area contributed by atoms with Gasteiger partial charge in [0.05, 0.1) is 29.6 Å². The summed E-state index contributed by atoms with van der Waals surface area (Å²) < 4.78 is 15.4. The quantitative estimate of drug-likeness (QED) is 0.540. The summed E-state index contributed by atoms with van der Waals surface area (Å²) >= 11 is 0. The lowest BCUT2D eigenvalue weighted by atomic mass is 9.75. The highest BCUT2D eigenvalue weighted by atomic mass is 19.1. The molecule has 34 heavy (non-hydrogen) atoms. The van der Waals surface area contributed by atoms with Crippen molar-refractivity contribution < 1.29 is 19.4 Å². The number of carbonyl (C=O) groups excluding carboxylic acids is 1. The Labute approximate surface area is 196 Å². The Hall–Kier alpha value is -2.91. The zero-order chi connectivity index (χ0) is 23.4. The minimum absolute atomic E-state index is 0.0275. The lowest BCUT2D eigenvalue weighted by molar-refractivity contribution is -0.0390. The summed E-state index contributed by atoms with van der Waals surface area (Å²) in [6, 6.07) is 3.36. The molecule has 178 valence electrons. The van der Waals surface area contributed by atoms with Gasteiger partial charge in [0.2, 0.25) is 0 Å². The smallest absolute Gasteiger partial charge is 0.168 e. The second kappa shape index (κ2) is 8.09. The van der Waals surface area contributed by atoms with Crippen molar-refractivity contribution in [3.05, 3.63) is 53.9 Å². The first-order valence-electron chi connectivity index (χ1n) is 12.0. The zero-order valence-corrected chi connectivity index (χ0v) is 18.8. The molecule has 2 saturated carbocycles. The van der Waals surface area contributed by atoms with Gasteiger partial charge < -0.3 is 15.1 Å². The van der Waals surface area contributed by atoms with Gasteiger partial charge in [-0.1, -0.05) is 0 Å². The Kier molecular flexibility index (Phi) is 5.14. The molecule has 3 aromatic heterocycles. The average Bonchev–Trinajstić information content (AvgIpc) is 3.60. The van der Waals surface area contributed by atoms with Gasteiger partial charge in [0.15, 0.2) is 11.4 Å². The predicted molar refractivity (Wildman–Crippen MR) is 122 cm³/mol. The van der Waals surface area contributed by atoms with Crippen LogP contribution in [-0.2, 0) is 0 Å². The lowest BCUT2D eigenvalue weighted by Crippen LogP contribution is -2.39. The largest absolute Gasteiger partial charge is 0.396 e. The van der Waals surface area contributed by atoms with Gasteiger partial charge in [0.25, 0.3) is 0 Å². The number of hydrogen-bond donors (Lipinski definition) is 2. The summed E-state index contributed by atoms with van der Waals surface area (Å²) in [5.41, 5.74) is 0.922. The van der Waals surface area contributed by atoms with E-state index in [2.05, 4.69) is 15.0 Å². The van der Waals surface area contributed by atoms with Crippen molar-refractivity contribution in [1.29, 1.82) is 0 Å². The maximum atomic E-state index is 13.8. The van der Waals surface area contributed by atoms with E-state index in [1.54, 1.807) is 23.1 Å². The molecular weight excluding hydrogens is 437 g/mol. The molecule has 4 heterocycles. The summed E-state index contributed by atoms with van der Waals surface area (Å²) in [7, 11) is 0. The fourth-order valence-corrected chi connectivity index (χ4v) is 6.68. The minimum atomic E-state index is -0.840. The van der Waals surface area contributed by atoms with E-state index in [0.29, 0.717) is 24.1 Å². The van der Waals surface area contributed by atoms with Gasteiger partial charge in [-0.3, -0.25) is 9.78 Å². The number of halogens is 1. The number of aromatic nitrogens is 4. The van der Waals surface area contributed by atoms with E-state index in [1.165, 1.54) is 12.3 Å². The van der Waals surface area contributed by atoms with Gasteiger partial charge in [-0.05, 0) is 61.6 Å². The van der Waals surface area contributed by atoms with Gasteiger partial charge in [-0.25, -0.2) is 13.9 Å². The van der Waals surface area contributed by atoms with Crippen LogP contribution in [0.1, 0.15) is 60.5 Å². The molecule has 8 nitrogen and oxygen atoms in total. The van der Waals surface area contributed by atoms with Crippen LogP contribution in [-0.4, -0.2) is 54.3 Å². The van der Waals surface area contributed by atoms with E-state index < -0.39 is 5.60 Å². The standard InChI is InChI=1S/C25H28FN5O3/c26-17-8-16(11-27-12-17)21-2-1-6-30(21)23-4-7-31-24(29-23)19(13-28-31)22(33)9-18-15-3-5-25(34,10-15)20(18)14-32/h4,7-8,11-13,15,18,20-21,32,34H,1-3,5-6,9-10,14H2/t15?,18-,20-,21-,25-/m1/s1. The number of anilines is 1. The molecule has 0 aromatic carbocycles. The number of hydrogen-bond acceptors (Lipinski definition) is 7. The van der Waals surface area contributed by atoms with Crippen LogP contribution >= 0.6 is 0 Å². The highest BCUT2D eigenvalue weighted by Gasteiger charge is 2.56. The monoisotopic (exact) mass is 465 g/mol. The van der Waals surface area contributed by atoms with Crippen molar-refractivity contribution in [2.75, 3.05) is 18.1 Å². The summed E-state index contributed by atoms with van der Waals surface area (Å²) in [5.74, 6) is 0.274. The highest BCUT2D eigenvalue weighted by molar-refractivity contribution is 6.01. The molecule has 1 aliphatic heterocycles. The van der Waals surface area contributed by atoms with Crippen molar-refractivity contribution in [3.8, 4) is 0 Å². The maximum Gasteiger partial charge on any atom is 0.168 e. The van der Waals surface area contributed by atoms with E-state index in [0.717, 1.165) is 37.2 Å². The molecule has 6 rings (SSSR count). The van der Waals surface area contributed by atoms with Crippen molar-refractivity contribution in [1.82, 2.24) is 19.6 Å². The van der Waals surface area contributed by atoms with Crippen molar-refractivity contribution in [2.45, 2.75) is 50.2 Å². The van der Waals surface area contributed by atoms with Crippen LogP contribution in [0.4, 0.5) is 10.2 Å². The Morgan fingerprint density at radius 1 is 1.26 bits per heavy atom. The molecule has 9 heteroatoms. The summed E-state index contributed by atoms with van der Waals surface area (Å²) in [4.78, 5) is 24.3. The number of Topliss-reactive ketones (excluding diaryl/α,β-unsaturated/α-hetero) is 1. The molecule has 2 aliphatic carbocycles. The van der Waals surface area contributed by atoms with Crippen molar-refractivity contribution >= 4 is 17.2 Å². The molecular formula is C25H28FN5O3. The van der Waals surface area contributed by atoms with Crippen molar-refractivity contribution in [2.24, 2.45) is 17.8 Å². The zero-order valence-electron chi connectivity index (χ0n) is 18.8. The van der Waals surface area contributed by atoms with Gasteiger partial charge >= 0.3 is 0 Å². The Morgan fingerprint density at radius 2 is 2.15 bits per heavy atom. The van der Waals surface area contributed by atoms with Crippen LogP contribution < -0.4 is 4.90 Å². The molecule has 1 saturated heterocycles. The summed E-state index contributed by atoms with van der Waals surface area (Å²) in [6.07, 6.45) is 10.6. The van der Waals surface area contributed by atoms with Crippen LogP contribution in [0.15, 0.2) is 36.9 Å². The van der Waals surface area contributed by atoms with Crippen LogP contribution in [0.3, 0.4) is 0 Å². The Morgan fingerprint density at radius 3 is 2.97 bits per heavy atom. The first kappa shape index (κ1) is 21.6. The summed E-state index contributed by atoms with van der Waals surface area (Å²) in [6.45, 7) is 0.676. The fourth-order valence-electron chi connectivity index (χ4n) is 6.68. The van der Waals surface area contributed by atoms with Gasteiger partial charge in [0, 0.05) is 37.9 Å². The SMILES string of the molecule is O=C(C[C@@H]1C2CC[C@@](O)(C2)[C@@H]1CO)c1cnn2ccc(N3CCC[C@@H]3c3cncc(F)c3)nc12. The van der Waals surface area contributed by atoms with Crippen LogP contribution in [0, 0.1) is 23.6 Å². The minimum Gasteiger partial charge on any atom is -0.396 e. The summed E-state index contributed by atoms with van der Waals surface area (Å²) in [5, 5.41) is 25.1. The van der Waals surface area contributed by atoms with Crippen LogP contribution in [0.5, 0.6) is 0 Å². The van der Waals surface area contributed by atoms with E-state index in [1.807, 2.05) is 6.07 Å². The topological polar surface area (TPSA) is 104 Å². The number of carbonyl (C=O) groups is 1. The number of aliphatic hydroxyl groups excluding tert-OH is 1. The first-order chi connectivity index (χ1) is 16.5. The molecule has 3 aliphatic rings. The van der Waals surface area contributed by atoms with Crippen LogP contribution in [0.25, 0.3) is 5.65 Å². The molecule has 2 N–H and O–H groups in total. The van der Waals surface area contributed by atoms with Gasteiger partial charge in [-0.15, -0.1) is 0 Å². The molecule has 0 amide bonds. The van der Waals surface area contributed by atoms with Gasteiger partial charge in [0.1, 0.15) is 11.6 Å². The fraction of sp³-hybridized carbons (Fsp3) is 0.520. The Bertz CT molecular complexity index is 1250. The average molecular weight is 466 g/mol. The molecule has 3 aromatic rings. The third-order valence-electron chi connectivity index (χ3n) is 8.31. The van der Waals surface area contributed by atoms with Crippen LogP contribution in [0.2, 0.25) is 0 Å². The number of fused-ring (bicyclic) bond motifs is 3. The predicted octanol–water partition coefficient (Wildman–Crippen LogP) is 2.95. The van der Waals surface area contributed by atoms with E-state index >= 15 is 0 Å². The number of nitrogens with zero attached hydrogens (tertiary/aromatic N) is 5. The maximum absolute atomic E-state index is 13.8. The molecule has 0 radical (unpaired) electrons. The second-order valence-electron chi connectivity index (χ2n) is 10.1. The van der Waals surface area contributed by atoms with E-state index in [4.69, 9.17) is 4.98 Å². The number of ketones is 1. The molecule has 2 bridgehead atoms. The molecule has 0 spiro atoms. The second-order valence-corrected chi connectivity index (χ2v) is 10.1. The number of rotatable bonds is 6. The highest BCUT2D eigenvalue weighted by Crippen LogP contribution is 2.56. The number of pyridine rings is 1. The first-order valence-corrected chi connectivity index (χ1v) is 12.0. The van der Waals surface area contributed by atoms with E-state index in [-0.39, 0.29) is 48.4 Å². The van der Waals surface area contributed by atoms with Gasteiger partial charge in [-0.2, -0.15) is 5.10 Å². The lowest BCUT2D eigenvalue weighted by Gasteiger charge is -2.34. The molecule has 5 atom stereocenters. The van der Waals surface area contributed by atoms with E-state index in [9.17, 15) is 19.4 Å². The molecule has 3 fully saturated rings. The number of aliphatic hydroxyl groups is 2. The Balaban J connectivity index is 1.28. The normalized spacial score (nSPS) is 30.5. The van der Waals surface area contributed by atoms with Crippen molar-refractivity contribution in [3.63, 3.8) is 0 Å².